The predicted molar refractivity (Wildman–Crippen MR) is 93.1 cm³/mol. The van der Waals surface area contributed by atoms with Crippen molar-refractivity contribution in [3.63, 3.8) is 0 Å². The smallest absolute Gasteiger partial charge is 0.239 e. The van der Waals surface area contributed by atoms with Gasteiger partial charge in [-0.15, -0.1) is 0 Å². The third-order valence-corrected chi connectivity index (χ3v) is 8.70. The van der Waals surface area contributed by atoms with Crippen molar-refractivity contribution >= 4 is 6.41 Å². The summed E-state index contributed by atoms with van der Waals surface area (Å²) in [4.78, 5) is 8.58. The van der Waals surface area contributed by atoms with Crippen LogP contribution in [0.3, 0.4) is 0 Å². The minimum absolute atomic E-state index is 0.0492. The maximum atomic E-state index is 13.2. The quantitative estimate of drug-likeness (QED) is 0.799. The maximum absolute atomic E-state index is 13.2. The van der Waals surface area contributed by atoms with Crippen LogP contribution in [0, 0.1) is 28.1 Å². The Hall–Kier alpha value is -1.45. The average Bonchev–Trinajstić information content (AvgIpc) is 2.55. The van der Waals surface area contributed by atoms with Crippen molar-refractivity contribution in [1.82, 2.24) is 0 Å². The van der Waals surface area contributed by atoms with Crippen molar-refractivity contribution in [2.75, 3.05) is 0 Å². The number of benzene rings is 1. The average molecular weight is 347 g/mol. The number of rotatable bonds is 4. The molecule has 4 aliphatic carbocycles. The number of carbonyl (C=O) groups is 1. The zero-order valence-electron chi connectivity index (χ0n) is 15.0. The number of hydrogen-bond donors (Lipinski definition) is 1. The van der Waals surface area contributed by atoms with Gasteiger partial charge in [0, 0.05) is 11.8 Å². The van der Waals surface area contributed by atoms with E-state index in [2.05, 4.69) is 49.9 Å². The number of hydrogen-bond acceptors (Lipinski definition) is 1. The Labute approximate surface area is 148 Å². The van der Waals surface area contributed by atoms with Gasteiger partial charge in [-0.2, -0.15) is 0 Å². The van der Waals surface area contributed by atoms with Crippen LogP contribution >= 0.6 is 0 Å². The van der Waals surface area contributed by atoms with Gasteiger partial charge in [-0.05, 0) is 59.3 Å². The molecule has 0 heterocycles. The molecule has 0 aliphatic heterocycles. The first kappa shape index (κ1) is 17.0. The van der Waals surface area contributed by atoms with Crippen LogP contribution in [0.15, 0.2) is 30.3 Å². The van der Waals surface area contributed by atoms with Crippen molar-refractivity contribution in [1.29, 1.82) is 0 Å². The number of alkyl halides is 2. The van der Waals surface area contributed by atoms with Crippen LogP contribution < -0.4 is 5.73 Å². The van der Waals surface area contributed by atoms with E-state index in [4.69, 9.17) is 4.79 Å². The van der Waals surface area contributed by atoms with Gasteiger partial charge in [-0.1, -0.05) is 44.2 Å². The molecular weight excluding hydrogens is 320 g/mol. The normalized spacial score (nSPS) is 47.6. The van der Waals surface area contributed by atoms with Gasteiger partial charge in [0.05, 0.1) is 0 Å². The first-order valence-electron chi connectivity index (χ1n) is 9.37. The molecule has 4 heteroatoms. The van der Waals surface area contributed by atoms with Crippen LogP contribution in [-0.2, 0) is 10.2 Å². The first-order chi connectivity index (χ1) is 11.9. The van der Waals surface area contributed by atoms with Gasteiger partial charge in [-0.25, -0.2) is 8.78 Å². The molecule has 25 heavy (non-hydrogen) atoms. The maximum Gasteiger partial charge on any atom is 0.239 e. The van der Waals surface area contributed by atoms with Crippen molar-refractivity contribution in [2.24, 2.45) is 33.8 Å². The van der Waals surface area contributed by atoms with E-state index in [9.17, 15) is 8.78 Å². The number of amides is 1. The molecule has 1 aromatic rings. The molecule has 4 aliphatic rings. The van der Waals surface area contributed by atoms with Gasteiger partial charge >= 0.3 is 0 Å². The standard InChI is InChI=1S/C20H24F2.CH3NO/c1-3-18(11-16(21)22)14-9-17(2)12-19(10-15(18)20(14,17)19)13-7-5-4-6-8-13;2-1-3/h4-8,14-16H,3,9-12H2,1-2H3;1H,(H2,2,3). The molecule has 1 amide bonds. The lowest BCUT2D eigenvalue weighted by atomic mass is 9.03. The molecule has 0 saturated heterocycles. The second-order valence-electron chi connectivity index (χ2n) is 8.89. The van der Waals surface area contributed by atoms with Gasteiger partial charge in [0.25, 0.3) is 0 Å². The molecule has 136 valence electrons. The summed E-state index contributed by atoms with van der Waals surface area (Å²) in [6.45, 7) is 4.57. The van der Waals surface area contributed by atoms with Gasteiger partial charge in [0.2, 0.25) is 12.8 Å². The Balaban J connectivity index is 0.000000490. The zero-order valence-corrected chi connectivity index (χ0v) is 15.0. The molecule has 0 bridgehead atoms. The second kappa shape index (κ2) is 5.05. The van der Waals surface area contributed by atoms with E-state index < -0.39 is 6.43 Å². The summed E-state index contributed by atoms with van der Waals surface area (Å²) in [6.07, 6.45) is 2.82. The molecule has 6 unspecified atom stereocenters. The van der Waals surface area contributed by atoms with Crippen LogP contribution in [0.4, 0.5) is 8.78 Å². The fourth-order valence-electron chi connectivity index (χ4n) is 8.41. The Bertz CT molecular complexity index is 684. The molecule has 4 saturated carbocycles. The van der Waals surface area contributed by atoms with Crippen LogP contribution in [0.5, 0.6) is 0 Å². The van der Waals surface area contributed by atoms with Crippen LogP contribution in [0.2, 0.25) is 0 Å². The lowest BCUT2D eigenvalue weighted by molar-refractivity contribution is -0.503. The predicted octanol–water partition coefficient (Wildman–Crippen LogP) is 4.53. The summed E-state index contributed by atoms with van der Waals surface area (Å²) in [7, 11) is 0. The molecule has 0 aromatic heterocycles. The van der Waals surface area contributed by atoms with Crippen molar-refractivity contribution < 1.29 is 13.6 Å². The number of halogens is 2. The van der Waals surface area contributed by atoms with E-state index in [1.54, 1.807) is 0 Å². The lowest BCUT2D eigenvalue weighted by Gasteiger charge is -3.00. The van der Waals surface area contributed by atoms with E-state index >= 15 is 0 Å². The third-order valence-electron chi connectivity index (χ3n) is 8.70. The summed E-state index contributed by atoms with van der Waals surface area (Å²) in [6, 6.07) is 10.9. The minimum atomic E-state index is -2.14. The van der Waals surface area contributed by atoms with Gasteiger partial charge in [0.1, 0.15) is 0 Å². The topological polar surface area (TPSA) is 43.1 Å². The SMILES string of the molecule is CCC1(CC(F)F)C2CC3(C)CC4(c5ccccc5)CC1C234.NC=O. The highest BCUT2D eigenvalue weighted by molar-refractivity contribution is 5.53. The summed E-state index contributed by atoms with van der Waals surface area (Å²) in [5.74, 6) is 1.11. The van der Waals surface area contributed by atoms with E-state index in [1.807, 2.05) is 0 Å². The summed E-state index contributed by atoms with van der Waals surface area (Å²) < 4.78 is 26.4. The van der Waals surface area contributed by atoms with Gasteiger partial charge < -0.3 is 5.73 Å². The molecule has 1 aromatic carbocycles. The molecular formula is C21H27F2NO. The summed E-state index contributed by atoms with van der Waals surface area (Å²) in [5.41, 5.74) is 6.75. The van der Waals surface area contributed by atoms with Gasteiger partial charge in [-0.3, -0.25) is 4.79 Å². The van der Waals surface area contributed by atoms with Crippen LogP contribution in [0.1, 0.15) is 51.5 Å². The Kier molecular flexibility index (Phi) is 3.43. The Morgan fingerprint density at radius 2 is 1.84 bits per heavy atom. The highest BCUT2D eigenvalue weighted by atomic mass is 19.3. The molecule has 4 fully saturated rings. The molecule has 2 N–H and O–H groups in total. The molecule has 5 rings (SSSR count). The van der Waals surface area contributed by atoms with Crippen molar-refractivity contribution in [2.45, 2.75) is 57.8 Å². The molecule has 6 atom stereocenters. The number of carbonyl (C=O) groups excluding carboxylic acids is 1. The highest BCUT2D eigenvalue weighted by Gasteiger charge is 2.97. The number of primary amides is 1. The van der Waals surface area contributed by atoms with E-state index in [-0.39, 0.29) is 18.2 Å². The van der Waals surface area contributed by atoms with Crippen molar-refractivity contribution in [3.05, 3.63) is 35.9 Å². The molecule has 0 radical (unpaired) electrons. The lowest BCUT2D eigenvalue weighted by Crippen LogP contribution is -2.96. The Morgan fingerprint density at radius 1 is 1.24 bits per heavy atom. The summed E-state index contributed by atoms with van der Waals surface area (Å²) >= 11 is 0. The zero-order chi connectivity index (χ0) is 18.1. The minimum Gasteiger partial charge on any atom is -0.372 e. The summed E-state index contributed by atoms with van der Waals surface area (Å²) in [5, 5.41) is 0. The van der Waals surface area contributed by atoms with E-state index in [0.29, 0.717) is 28.1 Å². The first-order valence-corrected chi connectivity index (χ1v) is 9.37. The number of nitrogens with two attached hydrogens (primary N) is 1. The fourth-order valence-corrected chi connectivity index (χ4v) is 8.41. The van der Waals surface area contributed by atoms with Gasteiger partial charge in [0.15, 0.2) is 0 Å². The van der Waals surface area contributed by atoms with Crippen LogP contribution in [-0.4, -0.2) is 12.8 Å². The van der Waals surface area contributed by atoms with E-state index in [1.165, 1.54) is 18.4 Å². The fraction of sp³-hybridized carbons (Fsp3) is 0.667. The Morgan fingerprint density at radius 3 is 2.32 bits per heavy atom. The monoisotopic (exact) mass is 347 g/mol. The van der Waals surface area contributed by atoms with E-state index in [0.717, 1.165) is 12.8 Å². The second-order valence-corrected chi connectivity index (χ2v) is 8.89. The highest BCUT2D eigenvalue weighted by Crippen LogP contribution is 3.01. The largest absolute Gasteiger partial charge is 0.372 e. The van der Waals surface area contributed by atoms with Crippen LogP contribution in [0.25, 0.3) is 0 Å². The third kappa shape index (κ3) is 1.54. The van der Waals surface area contributed by atoms with Crippen molar-refractivity contribution in [3.8, 4) is 0 Å². The molecule has 2 nitrogen and oxygen atoms in total. The molecule has 1 spiro atoms.